The summed E-state index contributed by atoms with van der Waals surface area (Å²) in [6, 6.07) is 2.92. The SMILES string of the molecule is C1=CC2CC(CC34CC5CC(CC(C5)C3)C4)CCC2n2c3c(c4cnccc42)CCC=C13.Cl. The number of allylic oxidation sites excluding steroid dienone is 4. The van der Waals surface area contributed by atoms with Gasteiger partial charge in [-0.1, -0.05) is 18.2 Å². The second kappa shape index (κ2) is 7.48. The molecule has 0 saturated heterocycles. The minimum Gasteiger partial charge on any atom is -0.336 e. The fourth-order valence-corrected chi connectivity index (χ4v) is 10.1. The molecule has 5 saturated carbocycles. The predicted octanol–water partition coefficient (Wildman–Crippen LogP) is 7.92. The number of hydrogen-bond donors (Lipinski definition) is 0. The van der Waals surface area contributed by atoms with Crippen molar-refractivity contribution >= 4 is 28.9 Å². The Morgan fingerprint density at radius 2 is 1.79 bits per heavy atom. The van der Waals surface area contributed by atoms with Gasteiger partial charge >= 0.3 is 0 Å². The fraction of sp³-hybridized carbons (Fsp3) is 0.633. The van der Waals surface area contributed by atoms with Crippen molar-refractivity contribution in [3.05, 3.63) is 47.9 Å². The van der Waals surface area contributed by atoms with Crippen molar-refractivity contribution in [2.75, 3.05) is 0 Å². The molecule has 1 aliphatic heterocycles. The number of halogens is 1. The number of aryl methyl sites for hydroxylation is 1. The number of fused-ring (bicyclic) bond motifs is 5. The van der Waals surface area contributed by atoms with Gasteiger partial charge in [0.05, 0.1) is 11.2 Å². The highest BCUT2D eigenvalue weighted by Gasteiger charge is 2.51. The molecule has 2 nitrogen and oxygen atoms in total. The monoisotopic (exact) mass is 460 g/mol. The van der Waals surface area contributed by atoms with Crippen LogP contribution in [0.5, 0.6) is 0 Å². The quantitative estimate of drug-likeness (QED) is 0.445. The molecule has 9 rings (SSSR count). The van der Waals surface area contributed by atoms with E-state index in [9.17, 15) is 0 Å². The topological polar surface area (TPSA) is 17.8 Å². The lowest BCUT2D eigenvalue weighted by atomic mass is 9.47. The molecule has 3 unspecified atom stereocenters. The van der Waals surface area contributed by atoms with Crippen molar-refractivity contribution in [1.82, 2.24) is 9.55 Å². The third kappa shape index (κ3) is 3.08. The first-order chi connectivity index (χ1) is 15.7. The molecule has 6 aliphatic carbocycles. The number of rotatable bonds is 2. The summed E-state index contributed by atoms with van der Waals surface area (Å²) >= 11 is 0. The maximum absolute atomic E-state index is 4.51. The van der Waals surface area contributed by atoms with Gasteiger partial charge in [0.25, 0.3) is 0 Å². The van der Waals surface area contributed by atoms with Gasteiger partial charge < -0.3 is 4.57 Å². The van der Waals surface area contributed by atoms with E-state index in [0.29, 0.717) is 12.0 Å². The van der Waals surface area contributed by atoms with E-state index in [1.54, 1.807) is 50.5 Å². The third-order valence-corrected chi connectivity index (χ3v) is 10.7. The van der Waals surface area contributed by atoms with Gasteiger partial charge in [-0.3, -0.25) is 4.98 Å². The number of nitrogens with zero attached hydrogens (tertiary/aromatic N) is 2. The van der Waals surface area contributed by atoms with E-state index in [1.165, 1.54) is 54.3 Å². The summed E-state index contributed by atoms with van der Waals surface area (Å²) < 4.78 is 2.77. The molecule has 0 amide bonds. The van der Waals surface area contributed by atoms with Crippen LogP contribution in [0.3, 0.4) is 0 Å². The zero-order valence-electron chi connectivity index (χ0n) is 19.7. The van der Waals surface area contributed by atoms with Gasteiger partial charge in [-0.2, -0.15) is 0 Å². The predicted molar refractivity (Wildman–Crippen MR) is 138 cm³/mol. The first kappa shape index (κ1) is 20.8. The Bertz CT molecular complexity index is 1120. The van der Waals surface area contributed by atoms with E-state index in [-0.39, 0.29) is 12.4 Å². The van der Waals surface area contributed by atoms with E-state index >= 15 is 0 Å². The third-order valence-electron chi connectivity index (χ3n) is 10.7. The average molecular weight is 461 g/mol. The maximum Gasteiger partial charge on any atom is 0.0524 e. The lowest BCUT2D eigenvalue weighted by Gasteiger charge is -2.58. The summed E-state index contributed by atoms with van der Waals surface area (Å²) in [4.78, 5) is 4.51. The second-order valence-corrected chi connectivity index (χ2v) is 12.7. The summed E-state index contributed by atoms with van der Waals surface area (Å²) in [6.45, 7) is 0. The van der Waals surface area contributed by atoms with Gasteiger partial charge in [0, 0.05) is 23.8 Å². The second-order valence-electron chi connectivity index (χ2n) is 12.7. The van der Waals surface area contributed by atoms with E-state index in [1.807, 2.05) is 6.20 Å². The highest BCUT2D eigenvalue weighted by molar-refractivity contribution is 5.93. The molecule has 0 spiro atoms. The molecular formula is C30H37ClN2. The van der Waals surface area contributed by atoms with Crippen LogP contribution in [0.2, 0.25) is 0 Å². The van der Waals surface area contributed by atoms with Crippen molar-refractivity contribution in [2.24, 2.45) is 35.0 Å². The van der Waals surface area contributed by atoms with Crippen molar-refractivity contribution in [3.63, 3.8) is 0 Å². The molecule has 2 aromatic rings. The number of aromatic nitrogens is 2. The van der Waals surface area contributed by atoms with E-state index in [0.717, 1.165) is 29.1 Å². The first-order valence-corrected chi connectivity index (χ1v) is 13.6. The van der Waals surface area contributed by atoms with E-state index in [4.69, 9.17) is 0 Å². The maximum atomic E-state index is 4.51. The average Bonchev–Trinajstić information content (AvgIpc) is 3.02. The Labute approximate surface area is 204 Å². The molecule has 2 aromatic heterocycles. The van der Waals surface area contributed by atoms with Gasteiger partial charge in [-0.15, -0.1) is 12.4 Å². The zero-order valence-corrected chi connectivity index (χ0v) is 20.5. The molecule has 3 atom stereocenters. The minimum atomic E-state index is 0. The summed E-state index contributed by atoms with van der Waals surface area (Å²) in [5, 5.41) is 1.41. The number of pyridine rings is 1. The van der Waals surface area contributed by atoms with Crippen molar-refractivity contribution in [2.45, 2.75) is 83.1 Å². The molecule has 174 valence electrons. The zero-order chi connectivity index (χ0) is 20.9. The smallest absolute Gasteiger partial charge is 0.0524 e. The van der Waals surface area contributed by atoms with Crippen molar-refractivity contribution in [3.8, 4) is 0 Å². The van der Waals surface area contributed by atoms with Crippen LogP contribution in [0.4, 0.5) is 0 Å². The summed E-state index contributed by atoms with van der Waals surface area (Å²) in [7, 11) is 0. The van der Waals surface area contributed by atoms with Crippen LogP contribution in [-0.2, 0) is 6.42 Å². The Morgan fingerprint density at radius 3 is 2.58 bits per heavy atom. The van der Waals surface area contributed by atoms with Crippen molar-refractivity contribution < 1.29 is 0 Å². The van der Waals surface area contributed by atoms with Gasteiger partial charge in [-0.25, -0.2) is 0 Å². The molecule has 0 radical (unpaired) electrons. The Hall–Kier alpha value is -1.54. The van der Waals surface area contributed by atoms with E-state index < -0.39 is 0 Å². The fourth-order valence-electron chi connectivity index (χ4n) is 10.1. The van der Waals surface area contributed by atoms with Gasteiger partial charge in [0.2, 0.25) is 0 Å². The Kier molecular flexibility index (Phi) is 4.71. The first-order valence-electron chi connectivity index (χ1n) is 13.6. The Morgan fingerprint density at radius 1 is 1.00 bits per heavy atom. The summed E-state index contributed by atoms with van der Waals surface area (Å²) in [5.41, 5.74) is 6.75. The minimum absolute atomic E-state index is 0. The van der Waals surface area contributed by atoms with Crippen LogP contribution in [0.15, 0.2) is 36.7 Å². The highest BCUT2D eigenvalue weighted by atomic mass is 35.5. The van der Waals surface area contributed by atoms with Crippen LogP contribution in [0.1, 0.15) is 87.9 Å². The van der Waals surface area contributed by atoms with Crippen LogP contribution < -0.4 is 0 Å². The lowest BCUT2D eigenvalue weighted by Crippen LogP contribution is -2.47. The van der Waals surface area contributed by atoms with Gasteiger partial charge in [0.1, 0.15) is 0 Å². The van der Waals surface area contributed by atoms with Crippen LogP contribution in [-0.4, -0.2) is 9.55 Å². The lowest BCUT2D eigenvalue weighted by molar-refractivity contribution is -0.0693. The highest BCUT2D eigenvalue weighted by Crippen LogP contribution is 2.63. The molecule has 33 heavy (non-hydrogen) atoms. The van der Waals surface area contributed by atoms with Crippen molar-refractivity contribution in [1.29, 1.82) is 0 Å². The Balaban J connectivity index is 0.00000190. The normalized spacial score (nSPS) is 40.1. The van der Waals surface area contributed by atoms with Crippen LogP contribution >= 0.6 is 12.4 Å². The molecule has 7 aliphatic rings. The van der Waals surface area contributed by atoms with Gasteiger partial charge in [0.15, 0.2) is 0 Å². The standard InChI is InChI=1S/C30H36N2.ClH/c1-2-23-5-6-24-13-19(14-30-15-20-10-21(16-30)12-22(11-20)17-30)4-7-27(24)32-28-8-9-31-18-26(28)25(3-1)29(23)32;/h2,5-6,8-9,18-22,24,27H,1,3-4,7,10-17H2;1H. The van der Waals surface area contributed by atoms with Crippen LogP contribution in [0.25, 0.3) is 16.5 Å². The molecular weight excluding hydrogens is 424 g/mol. The van der Waals surface area contributed by atoms with E-state index in [2.05, 4.69) is 40.0 Å². The summed E-state index contributed by atoms with van der Waals surface area (Å²) in [5.74, 6) is 4.91. The summed E-state index contributed by atoms with van der Waals surface area (Å²) in [6.07, 6.45) is 29.3. The van der Waals surface area contributed by atoms with Crippen LogP contribution in [0, 0.1) is 35.0 Å². The molecule has 3 heteroatoms. The molecule has 0 aromatic carbocycles. The molecule has 0 N–H and O–H groups in total. The molecule has 4 bridgehead atoms. The molecule has 5 fully saturated rings. The van der Waals surface area contributed by atoms with Gasteiger partial charge in [-0.05, 0) is 129 Å². The molecule has 3 heterocycles. The number of hydrogen-bond acceptors (Lipinski definition) is 1. The largest absolute Gasteiger partial charge is 0.336 e.